The minimum absolute atomic E-state index is 0.669. The fraction of sp³-hybridized carbons (Fsp3) is 0.385. The molecule has 15 heavy (non-hydrogen) atoms. The molecular weight excluding hydrogens is 188 g/mol. The summed E-state index contributed by atoms with van der Waals surface area (Å²) in [5.74, 6) is 1.71. The maximum absolute atomic E-state index is 5.56. The number of hydrogen-bond donors (Lipinski definition) is 0. The third kappa shape index (κ3) is 1.99. The van der Waals surface area contributed by atoms with E-state index in [-0.39, 0.29) is 0 Å². The molecule has 1 aliphatic carbocycles. The molecule has 0 bridgehead atoms. The summed E-state index contributed by atoms with van der Waals surface area (Å²) in [6.45, 7) is 5.31. The molecule has 0 N–H and O–H groups in total. The highest BCUT2D eigenvalue weighted by molar-refractivity contribution is 5.64. The summed E-state index contributed by atoms with van der Waals surface area (Å²) in [4.78, 5) is 0. The van der Waals surface area contributed by atoms with Gasteiger partial charge in [0.2, 0.25) is 0 Å². The van der Waals surface area contributed by atoms with Crippen molar-refractivity contribution in [1.29, 1.82) is 0 Å². The zero-order valence-corrected chi connectivity index (χ0v) is 9.25. The van der Waals surface area contributed by atoms with E-state index in [0.29, 0.717) is 13.2 Å². The van der Waals surface area contributed by atoms with Crippen LogP contribution in [0.5, 0.6) is 11.5 Å². The predicted molar refractivity (Wildman–Crippen MR) is 61.5 cm³/mol. The van der Waals surface area contributed by atoms with Crippen molar-refractivity contribution >= 4 is 6.08 Å². The van der Waals surface area contributed by atoms with Gasteiger partial charge in [0.05, 0.1) is 13.2 Å². The predicted octanol–water partition coefficient (Wildman–Crippen LogP) is 3.05. The molecule has 0 atom stereocenters. The average molecular weight is 204 g/mol. The summed E-state index contributed by atoms with van der Waals surface area (Å²) >= 11 is 0. The van der Waals surface area contributed by atoms with E-state index in [0.717, 1.165) is 17.9 Å². The molecule has 1 aliphatic rings. The van der Waals surface area contributed by atoms with Gasteiger partial charge < -0.3 is 9.47 Å². The van der Waals surface area contributed by atoms with E-state index in [4.69, 9.17) is 9.47 Å². The Kier molecular flexibility index (Phi) is 2.95. The zero-order valence-electron chi connectivity index (χ0n) is 9.25. The van der Waals surface area contributed by atoms with Crippen molar-refractivity contribution in [1.82, 2.24) is 0 Å². The number of rotatable bonds is 4. The minimum Gasteiger partial charge on any atom is -0.490 e. The summed E-state index contributed by atoms with van der Waals surface area (Å²) in [5, 5.41) is 0. The van der Waals surface area contributed by atoms with Crippen LogP contribution in [-0.2, 0) is 6.42 Å². The van der Waals surface area contributed by atoms with Gasteiger partial charge in [0, 0.05) is 0 Å². The molecule has 1 aromatic carbocycles. The Balaban J connectivity index is 2.36. The lowest BCUT2D eigenvalue weighted by molar-refractivity contribution is 0.287. The molecule has 0 aromatic heterocycles. The van der Waals surface area contributed by atoms with Crippen LogP contribution in [0.25, 0.3) is 6.08 Å². The third-order valence-electron chi connectivity index (χ3n) is 2.44. The molecule has 0 amide bonds. The van der Waals surface area contributed by atoms with E-state index in [9.17, 15) is 0 Å². The molecule has 0 unspecified atom stereocenters. The van der Waals surface area contributed by atoms with Crippen LogP contribution in [-0.4, -0.2) is 13.2 Å². The van der Waals surface area contributed by atoms with Crippen LogP contribution in [0.3, 0.4) is 0 Å². The Morgan fingerprint density at radius 3 is 2.40 bits per heavy atom. The summed E-state index contributed by atoms with van der Waals surface area (Å²) in [7, 11) is 0. The first-order valence-corrected chi connectivity index (χ1v) is 5.44. The highest BCUT2D eigenvalue weighted by atomic mass is 16.5. The van der Waals surface area contributed by atoms with Gasteiger partial charge in [0.25, 0.3) is 0 Å². The molecule has 2 rings (SSSR count). The molecule has 0 radical (unpaired) electrons. The molecule has 0 saturated heterocycles. The van der Waals surface area contributed by atoms with Crippen LogP contribution in [0.4, 0.5) is 0 Å². The van der Waals surface area contributed by atoms with Crippen molar-refractivity contribution in [3.8, 4) is 11.5 Å². The highest BCUT2D eigenvalue weighted by Crippen LogP contribution is 2.34. The van der Waals surface area contributed by atoms with Gasteiger partial charge in [-0.2, -0.15) is 0 Å². The number of ether oxygens (including phenoxy) is 2. The van der Waals surface area contributed by atoms with E-state index in [1.807, 2.05) is 13.8 Å². The van der Waals surface area contributed by atoms with Crippen LogP contribution in [0.1, 0.15) is 25.0 Å². The summed E-state index contributed by atoms with van der Waals surface area (Å²) in [5.41, 5.74) is 2.57. The molecule has 0 aliphatic heterocycles. The molecule has 0 fully saturated rings. The number of hydrogen-bond acceptors (Lipinski definition) is 2. The van der Waals surface area contributed by atoms with Crippen molar-refractivity contribution in [3.63, 3.8) is 0 Å². The van der Waals surface area contributed by atoms with Gasteiger partial charge in [-0.3, -0.25) is 0 Å². The monoisotopic (exact) mass is 204 g/mol. The lowest BCUT2D eigenvalue weighted by Gasteiger charge is -2.12. The number of allylic oxidation sites excluding steroid dienone is 1. The van der Waals surface area contributed by atoms with Crippen LogP contribution >= 0.6 is 0 Å². The first kappa shape index (κ1) is 10.1. The van der Waals surface area contributed by atoms with Gasteiger partial charge in [0.15, 0.2) is 11.5 Å². The van der Waals surface area contributed by atoms with Gasteiger partial charge in [-0.05, 0) is 43.5 Å². The van der Waals surface area contributed by atoms with E-state index < -0.39 is 0 Å². The fourth-order valence-electron chi connectivity index (χ4n) is 1.80. The Labute approximate surface area is 90.5 Å². The second kappa shape index (κ2) is 4.39. The van der Waals surface area contributed by atoms with E-state index in [1.165, 1.54) is 11.1 Å². The summed E-state index contributed by atoms with van der Waals surface area (Å²) in [6, 6.07) is 4.15. The number of fused-ring (bicyclic) bond motifs is 1. The molecule has 1 aromatic rings. The van der Waals surface area contributed by atoms with Gasteiger partial charge >= 0.3 is 0 Å². The van der Waals surface area contributed by atoms with Crippen LogP contribution in [0.15, 0.2) is 18.2 Å². The van der Waals surface area contributed by atoms with Crippen molar-refractivity contribution in [2.24, 2.45) is 0 Å². The normalized spacial score (nSPS) is 12.7. The molecule has 2 nitrogen and oxygen atoms in total. The van der Waals surface area contributed by atoms with E-state index in [1.54, 1.807) is 0 Å². The van der Waals surface area contributed by atoms with E-state index >= 15 is 0 Å². The molecule has 0 spiro atoms. The van der Waals surface area contributed by atoms with Crippen molar-refractivity contribution < 1.29 is 9.47 Å². The van der Waals surface area contributed by atoms with Crippen molar-refractivity contribution in [2.75, 3.05) is 13.2 Å². The van der Waals surface area contributed by atoms with Crippen LogP contribution < -0.4 is 9.47 Å². The molecule has 80 valence electrons. The SMILES string of the molecule is CCOc1cc2c(cc1OCC)CC=C2. The summed E-state index contributed by atoms with van der Waals surface area (Å²) in [6.07, 6.45) is 5.30. The van der Waals surface area contributed by atoms with E-state index in [2.05, 4.69) is 24.3 Å². The Hall–Kier alpha value is -1.44. The average Bonchev–Trinajstić information content (AvgIpc) is 2.66. The second-order valence-electron chi connectivity index (χ2n) is 3.47. The minimum atomic E-state index is 0.669. The van der Waals surface area contributed by atoms with Crippen molar-refractivity contribution in [3.05, 3.63) is 29.3 Å². The standard InChI is InChI=1S/C13H16O2/c1-3-14-12-8-10-6-5-7-11(10)9-13(12)15-4-2/h5-6,8-9H,3-4,7H2,1-2H3. The lowest BCUT2D eigenvalue weighted by Crippen LogP contribution is -1.99. The topological polar surface area (TPSA) is 18.5 Å². The Bertz CT molecular complexity index is 380. The van der Waals surface area contributed by atoms with Gasteiger partial charge in [0.1, 0.15) is 0 Å². The largest absolute Gasteiger partial charge is 0.490 e. The number of benzene rings is 1. The summed E-state index contributed by atoms with van der Waals surface area (Å²) < 4.78 is 11.1. The van der Waals surface area contributed by atoms with Crippen LogP contribution in [0.2, 0.25) is 0 Å². The Morgan fingerprint density at radius 2 is 1.73 bits per heavy atom. The molecule has 2 heteroatoms. The first-order chi connectivity index (χ1) is 7.35. The molecule has 0 saturated carbocycles. The maximum atomic E-state index is 5.56. The fourth-order valence-corrected chi connectivity index (χ4v) is 1.80. The van der Waals surface area contributed by atoms with Gasteiger partial charge in [-0.25, -0.2) is 0 Å². The molecular formula is C13H16O2. The van der Waals surface area contributed by atoms with Gasteiger partial charge in [-0.1, -0.05) is 12.2 Å². The van der Waals surface area contributed by atoms with Gasteiger partial charge in [-0.15, -0.1) is 0 Å². The van der Waals surface area contributed by atoms with Crippen molar-refractivity contribution in [2.45, 2.75) is 20.3 Å². The highest BCUT2D eigenvalue weighted by Gasteiger charge is 2.12. The second-order valence-corrected chi connectivity index (χ2v) is 3.47. The molecule has 0 heterocycles. The maximum Gasteiger partial charge on any atom is 0.161 e. The smallest absolute Gasteiger partial charge is 0.161 e. The Morgan fingerprint density at radius 1 is 1.07 bits per heavy atom. The first-order valence-electron chi connectivity index (χ1n) is 5.44. The quantitative estimate of drug-likeness (QED) is 0.750. The van der Waals surface area contributed by atoms with Crippen LogP contribution in [0, 0.1) is 0 Å². The lowest BCUT2D eigenvalue weighted by atomic mass is 10.1. The third-order valence-corrected chi connectivity index (χ3v) is 2.44. The zero-order chi connectivity index (χ0) is 10.7.